The molecular formula is C14H18N2O4. The molecule has 0 spiro atoms. The number of amides is 1. The summed E-state index contributed by atoms with van der Waals surface area (Å²) in [6.45, 7) is 4.16. The molecule has 0 bridgehead atoms. The first-order valence-corrected chi connectivity index (χ1v) is 6.65. The summed E-state index contributed by atoms with van der Waals surface area (Å²) in [5.41, 5.74) is 0.629. The van der Waals surface area contributed by atoms with Crippen LogP contribution in [0.15, 0.2) is 18.2 Å². The van der Waals surface area contributed by atoms with E-state index in [2.05, 4.69) is 5.32 Å². The minimum atomic E-state index is -1.05. The number of hydrogen-bond donors (Lipinski definition) is 2. The molecule has 2 rings (SSSR count). The summed E-state index contributed by atoms with van der Waals surface area (Å²) in [5, 5.41) is 12.2. The maximum absolute atomic E-state index is 12.2. The number of hydrogen-bond acceptors (Lipinski definition) is 4. The Hall–Kier alpha value is -2.08. The Morgan fingerprint density at radius 2 is 2.25 bits per heavy atom. The molecule has 6 nitrogen and oxygen atoms in total. The highest BCUT2D eigenvalue weighted by Crippen LogP contribution is 2.35. The zero-order valence-electron chi connectivity index (χ0n) is 11.4. The molecule has 1 aliphatic rings. The van der Waals surface area contributed by atoms with Crippen LogP contribution in [-0.4, -0.2) is 43.2 Å². The highest BCUT2D eigenvalue weighted by molar-refractivity contribution is 6.00. The molecule has 0 saturated carbocycles. The number of ether oxygens (including phenoxy) is 1. The number of carboxylic acid groups (broad SMARTS) is 1. The zero-order valence-corrected chi connectivity index (χ0v) is 11.4. The zero-order chi connectivity index (χ0) is 14.5. The van der Waals surface area contributed by atoms with Gasteiger partial charge in [0.05, 0.1) is 12.2 Å². The average Bonchev–Trinajstić information content (AvgIpc) is 2.46. The van der Waals surface area contributed by atoms with Gasteiger partial charge in [0.2, 0.25) is 5.91 Å². The molecule has 1 amide bonds. The van der Waals surface area contributed by atoms with Crippen molar-refractivity contribution in [1.29, 1.82) is 0 Å². The summed E-state index contributed by atoms with van der Waals surface area (Å²) < 4.78 is 5.43. The number of fused-ring (bicyclic) bond motifs is 1. The van der Waals surface area contributed by atoms with E-state index in [1.54, 1.807) is 17.0 Å². The van der Waals surface area contributed by atoms with Gasteiger partial charge in [-0.15, -0.1) is 0 Å². The SMILES string of the molecule is CCNCCC(=O)N1CCOc2c(C(=O)O)cccc21. The van der Waals surface area contributed by atoms with Gasteiger partial charge in [0.15, 0.2) is 5.75 Å². The van der Waals surface area contributed by atoms with E-state index < -0.39 is 5.97 Å². The van der Waals surface area contributed by atoms with Gasteiger partial charge in [0.25, 0.3) is 0 Å². The van der Waals surface area contributed by atoms with Gasteiger partial charge in [0, 0.05) is 13.0 Å². The van der Waals surface area contributed by atoms with Crippen LogP contribution in [0, 0.1) is 0 Å². The molecule has 0 aliphatic carbocycles. The number of aromatic carboxylic acids is 1. The molecule has 0 unspecified atom stereocenters. The molecular weight excluding hydrogens is 260 g/mol. The van der Waals surface area contributed by atoms with Gasteiger partial charge in [-0.3, -0.25) is 4.79 Å². The lowest BCUT2D eigenvalue weighted by Crippen LogP contribution is -2.39. The van der Waals surface area contributed by atoms with Crippen molar-refractivity contribution >= 4 is 17.6 Å². The standard InChI is InChI=1S/C14H18N2O4/c1-2-15-7-6-12(17)16-8-9-20-13-10(14(18)19)4-3-5-11(13)16/h3-5,15H,2,6-9H2,1H3,(H,18,19). The van der Waals surface area contributed by atoms with Crippen molar-refractivity contribution in [1.82, 2.24) is 5.32 Å². The first-order valence-electron chi connectivity index (χ1n) is 6.65. The summed E-state index contributed by atoms with van der Waals surface area (Å²) in [4.78, 5) is 25.0. The Bertz CT molecular complexity index is 516. The van der Waals surface area contributed by atoms with E-state index in [9.17, 15) is 9.59 Å². The minimum absolute atomic E-state index is 0.0296. The van der Waals surface area contributed by atoms with E-state index in [0.717, 1.165) is 6.54 Å². The number of nitrogens with one attached hydrogen (secondary N) is 1. The smallest absolute Gasteiger partial charge is 0.339 e. The van der Waals surface area contributed by atoms with Gasteiger partial charge < -0.3 is 20.1 Å². The molecule has 0 aromatic heterocycles. The van der Waals surface area contributed by atoms with Crippen LogP contribution in [0.5, 0.6) is 5.75 Å². The summed E-state index contributed by atoms with van der Waals surface area (Å²) in [6.07, 6.45) is 0.380. The second kappa shape index (κ2) is 6.38. The van der Waals surface area contributed by atoms with Crippen molar-refractivity contribution in [2.75, 3.05) is 31.1 Å². The van der Waals surface area contributed by atoms with Gasteiger partial charge in [-0.05, 0) is 18.7 Å². The van der Waals surface area contributed by atoms with Crippen LogP contribution in [0.25, 0.3) is 0 Å². The fourth-order valence-electron chi connectivity index (χ4n) is 2.18. The highest BCUT2D eigenvalue weighted by atomic mass is 16.5. The number of para-hydroxylation sites is 1. The van der Waals surface area contributed by atoms with E-state index in [-0.39, 0.29) is 17.2 Å². The lowest BCUT2D eigenvalue weighted by Gasteiger charge is -2.30. The topological polar surface area (TPSA) is 78.9 Å². The maximum atomic E-state index is 12.2. The predicted octanol–water partition coefficient (Wildman–Crippen LogP) is 1.11. The Labute approximate surface area is 117 Å². The second-order valence-corrected chi connectivity index (χ2v) is 4.46. The number of benzene rings is 1. The van der Waals surface area contributed by atoms with Crippen molar-refractivity contribution in [3.05, 3.63) is 23.8 Å². The summed E-state index contributed by atoms with van der Waals surface area (Å²) in [7, 11) is 0. The van der Waals surface area contributed by atoms with Crippen LogP contribution in [0.1, 0.15) is 23.7 Å². The molecule has 2 N–H and O–H groups in total. The van der Waals surface area contributed by atoms with E-state index in [1.165, 1.54) is 6.07 Å². The molecule has 6 heteroatoms. The molecule has 0 atom stereocenters. The summed E-state index contributed by atoms with van der Waals surface area (Å²) in [6, 6.07) is 4.82. The van der Waals surface area contributed by atoms with Crippen molar-refractivity contribution in [2.45, 2.75) is 13.3 Å². The van der Waals surface area contributed by atoms with Crippen molar-refractivity contribution in [2.24, 2.45) is 0 Å². The van der Waals surface area contributed by atoms with E-state index in [4.69, 9.17) is 9.84 Å². The van der Waals surface area contributed by atoms with E-state index >= 15 is 0 Å². The first kappa shape index (κ1) is 14.3. The van der Waals surface area contributed by atoms with E-state index in [0.29, 0.717) is 31.8 Å². The van der Waals surface area contributed by atoms with Gasteiger partial charge in [-0.2, -0.15) is 0 Å². The molecule has 1 aromatic rings. The normalized spacial score (nSPS) is 13.6. The van der Waals surface area contributed by atoms with E-state index in [1.807, 2.05) is 6.92 Å². The van der Waals surface area contributed by atoms with Gasteiger partial charge in [0.1, 0.15) is 12.2 Å². The molecule has 1 heterocycles. The van der Waals surface area contributed by atoms with Crippen LogP contribution in [-0.2, 0) is 4.79 Å². The number of anilines is 1. The predicted molar refractivity (Wildman–Crippen MR) is 74.4 cm³/mol. The molecule has 0 fully saturated rings. The van der Waals surface area contributed by atoms with Gasteiger partial charge >= 0.3 is 5.97 Å². The largest absolute Gasteiger partial charge is 0.489 e. The Kier molecular flexibility index (Phi) is 4.57. The number of carboxylic acids is 1. The molecule has 0 radical (unpaired) electrons. The molecule has 108 valence electrons. The fraction of sp³-hybridized carbons (Fsp3) is 0.429. The highest BCUT2D eigenvalue weighted by Gasteiger charge is 2.26. The quantitative estimate of drug-likeness (QED) is 0.789. The third-order valence-corrected chi connectivity index (χ3v) is 3.14. The van der Waals surface area contributed by atoms with Crippen LogP contribution in [0.4, 0.5) is 5.69 Å². The Balaban J connectivity index is 2.22. The second-order valence-electron chi connectivity index (χ2n) is 4.46. The summed E-state index contributed by atoms with van der Waals surface area (Å²) >= 11 is 0. The van der Waals surface area contributed by atoms with Crippen LogP contribution < -0.4 is 15.0 Å². The van der Waals surface area contributed by atoms with Crippen molar-refractivity contribution in [3.8, 4) is 5.75 Å². The van der Waals surface area contributed by atoms with Gasteiger partial charge in [-0.25, -0.2) is 4.79 Å². The minimum Gasteiger partial charge on any atom is -0.489 e. The van der Waals surface area contributed by atoms with Crippen molar-refractivity contribution < 1.29 is 19.4 Å². The molecule has 1 aromatic carbocycles. The molecule has 1 aliphatic heterocycles. The Morgan fingerprint density at radius 3 is 2.95 bits per heavy atom. The summed E-state index contributed by atoms with van der Waals surface area (Å²) in [5.74, 6) is -0.801. The number of nitrogens with zero attached hydrogens (tertiary/aromatic N) is 1. The van der Waals surface area contributed by atoms with Crippen molar-refractivity contribution in [3.63, 3.8) is 0 Å². The van der Waals surface area contributed by atoms with Crippen LogP contribution in [0.2, 0.25) is 0 Å². The van der Waals surface area contributed by atoms with Crippen LogP contribution >= 0.6 is 0 Å². The fourth-order valence-corrected chi connectivity index (χ4v) is 2.18. The number of rotatable bonds is 5. The molecule has 0 saturated heterocycles. The number of carbonyl (C=O) groups is 2. The van der Waals surface area contributed by atoms with Crippen LogP contribution in [0.3, 0.4) is 0 Å². The molecule has 20 heavy (non-hydrogen) atoms. The van der Waals surface area contributed by atoms with Gasteiger partial charge in [-0.1, -0.05) is 13.0 Å². The first-order chi connectivity index (χ1) is 9.65. The number of carbonyl (C=O) groups excluding carboxylic acids is 1. The Morgan fingerprint density at radius 1 is 1.45 bits per heavy atom. The lowest BCUT2D eigenvalue weighted by atomic mass is 10.1. The third-order valence-electron chi connectivity index (χ3n) is 3.14. The average molecular weight is 278 g/mol. The maximum Gasteiger partial charge on any atom is 0.339 e. The third kappa shape index (κ3) is 2.91. The monoisotopic (exact) mass is 278 g/mol. The lowest BCUT2D eigenvalue weighted by molar-refractivity contribution is -0.118.